The molecule has 412 valence electrons. The fourth-order valence-electron chi connectivity index (χ4n) is 11.6. The van der Waals surface area contributed by atoms with Crippen molar-refractivity contribution in [3.63, 3.8) is 0 Å². The standard InChI is InChI=1S/2C17H18.C12H12.3C11H11N/c1-11-5-7-15-13(9-11)14-10-12(2)6-8-16(14)17(15,3)4;1-11-5-7-13-14-8-6-12(2)10-16(14)17(3,4)15(13)9-11;1-9-7-8-10(2)12-6-4-3-5-11(9)12;1-8-3-6-11-10(7-8)5-4-9(2)12-11;1-8-3-4-10-5-9(2)7-12-11(10)6-8;1-8-3-4-10-6-9(2)12-7-11(10)5-8/h2*5-10H,1-4H3;3-8H,1-2H3;3*3-7H,1-2H3. The Bertz CT molecular complexity index is 3840. The molecule has 82 heavy (non-hydrogen) atoms. The number of fused-ring (bicyclic) bond motifs is 10. The lowest BCUT2D eigenvalue weighted by Gasteiger charge is -2.22. The predicted octanol–water partition coefficient (Wildman–Crippen LogP) is 21.2. The van der Waals surface area contributed by atoms with Crippen molar-refractivity contribution >= 4 is 43.4 Å². The van der Waals surface area contributed by atoms with Gasteiger partial charge in [0.25, 0.3) is 0 Å². The molecule has 9 aromatic carbocycles. The molecular formula is C79H81N3. The summed E-state index contributed by atoms with van der Waals surface area (Å²) in [5, 5.41) is 7.69. The van der Waals surface area contributed by atoms with Crippen molar-refractivity contribution in [1.29, 1.82) is 0 Å². The molecule has 0 bridgehead atoms. The first-order valence-electron chi connectivity index (χ1n) is 29.0. The minimum absolute atomic E-state index is 0.142. The molecule has 2 aliphatic rings. The molecule has 3 nitrogen and oxygen atoms in total. The third-order valence-corrected chi connectivity index (χ3v) is 16.3. The summed E-state index contributed by atoms with van der Waals surface area (Å²) in [5.74, 6) is 0. The van der Waals surface area contributed by atoms with Gasteiger partial charge in [-0.3, -0.25) is 15.0 Å². The van der Waals surface area contributed by atoms with Gasteiger partial charge >= 0.3 is 0 Å². The van der Waals surface area contributed by atoms with Gasteiger partial charge in [0.15, 0.2) is 0 Å². The number of benzene rings is 9. The molecule has 0 atom stereocenters. The van der Waals surface area contributed by atoms with Crippen molar-refractivity contribution in [2.75, 3.05) is 0 Å². The summed E-state index contributed by atoms with van der Waals surface area (Å²) >= 11 is 0. The van der Waals surface area contributed by atoms with Crippen molar-refractivity contribution in [3.8, 4) is 22.3 Å². The lowest BCUT2D eigenvalue weighted by atomic mass is 9.81. The molecule has 0 unspecified atom stereocenters. The van der Waals surface area contributed by atoms with E-state index in [-0.39, 0.29) is 10.8 Å². The molecule has 0 saturated heterocycles. The molecule has 0 amide bonds. The zero-order valence-corrected chi connectivity index (χ0v) is 51.4. The van der Waals surface area contributed by atoms with Crippen molar-refractivity contribution in [3.05, 3.63) is 290 Å². The molecule has 3 heteroatoms. The van der Waals surface area contributed by atoms with E-state index >= 15 is 0 Å². The van der Waals surface area contributed by atoms with Crippen LogP contribution in [0.25, 0.3) is 65.6 Å². The highest BCUT2D eigenvalue weighted by Crippen LogP contribution is 2.50. The van der Waals surface area contributed by atoms with Gasteiger partial charge in [0.2, 0.25) is 0 Å². The van der Waals surface area contributed by atoms with Crippen molar-refractivity contribution < 1.29 is 0 Å². The van der Waals surface area contributed by atoms with Crippen molar-refractivity contribution in [2.24, 2.45) is 0 Å². The van der Waals surface area contributed by atoms with Gasteiger partial charge in [-0.1, -0.05) is 207 Å². The van der Waals surface area contributed by atoms with Crippen LogP contribution in [0.2, 0.25) is 0 Å². The third-order valence-electron chi connectivity index (χ3n) is 16.3. The Morgan fingerprint density at radius 2 is 0.695 bits per heavy atom. The fourth-order valence-corrected chi connectivity index (χ4v) is 11.6. The Morgan fingerprint density at radius 1 is 0.268 bits per heavy atom. The second kappa shape index (κ2) is 24.3. The average Bonchev–Trinajstić information content (AvgIpc) is 3.86. The SMILES string of the molecule is Cc1ccc(C)c2ccccc12.Cc1ccc2c(c1)-c1cc(C)ccc1C2(C)C.Cc1ccc2c(c1)C(C)(C)c1cc(C)ccc1-2.Cc1ccc2cc(C)ncc2c1.Cc1ccc2nc(C)ccc2c1.Cc1cnc2cc(C)ccc2c1. The fraction of sp³-hybridized carbons (Fsp3) is 0.228. The number of aryl methyl sites for hydroxylation is 12. The van der Waals surface area contributed by atoms with Gasteiger partial charge in [-0.25, -0.2) is 0 Å². The minimum atomic E-state index is 0.142. The Morgan fingerprint density at radius 3 is 1.27 bits per heavy atom. The van der Waals surface area contributed by atoms with E-state index < -0.39 is 0 Å². The van der Waals surface area contributed by atoms with E-state index in [1.54, 1.807) is 0 Å². The highest BCUT2D eigenvalue weighted by atomic mass is 14.7. The van der Waals surface area contributed by atoms with Gasteiger partial charge in [-0.05, 0) is 208 Å². The summed E-state index contributed by atoms with van der Waals surface area (Å²) in [5.41, 5.74) is 29.3. The summed E-state index contributed by atoms with van der Waals surface area (Å²) in [4.78, 5) is 13.0. The number of rotatable bonds is 0. The lowest BCUT2D eigenvalue weighted by Crippen LogP contribution is -2.15. The van der Waals surface area contributed by atoms with Crippen LogP contribution in [0, 0.1) is 83.1 Å². The molecule has 0 spiro atoms. The van der Waals surface area contributed by atoms with E-state index in [2.05, 4.69) is 294 Å². The van der Waals surface area contributed by atoms with Crippen molar-refractivity contribution in [1.82, 2.24) is 15.0 Å². The normalized spacial score (nSPS) is 12.6. The zero-order chi connectivity index (χ0) is 58.6. The van der Waals surface area contributed by atoms with Crippen LogP contribution in [-0.2, 0) is 10.8 Å². The van der Waals surface area contributed by atoms with Crippen LogP contribution in [0.1, 0.15) is 117 Å². The molecule has 0 N–H and O–H groups in total. The van der Waals surface area contributed by atoms with Gasteiger partial charge in [0.05, 0.1) is 11.0 Å². The second-order valence-corrected chi connectivity index (χ2v) is 24.2. The van der Waals surface area contributed by atoms with E-state index in [1.165, 1.54) is 132 Å². The Kier molecular flexibility index (Phi) is 17.2. The minimum Gasteiger partial charge on any atom is -0.261 e. The summed E-state index contributed by atoms with van der Waals surface area (Å²) in [6.45, 7) is 34.7. The maximum atomic E-state index is 4.42. The summed E-state index contributed by atoms with van der Waals surface area (Å²) < 4.78 is 0. The smallest absolute Gasteiger partial charge is 0.0705 e. The lowest BCUT2D eigenvalue weighted by molar-refractivity contribution is 0.659. The van der Waals surface area contributed by atoms with Gasteiger partial charge < -0.3 is 0 Å². The third kappa shape index (κ3) is 13.0. The first kappa shape index (κ1) is 58.1. The highest BCUT2D eigenvalue weighted by Gasteiger charge is 2.36. The van der Waals surface area contributed by atoms with Crippen molar-refractivity contribution in [2.45, 2.75) is 122 Å². The molecule has 0 saturated carbocycles. The topological polar surface area (TPSA) is 38.7 Å². The monoisotopic (exact) mass is 1070 g/mol. The molecule has 3 aromatic heterocycles. The van der Waals surface area contributed by atoms with Crippen LogP contribution in [-0.4, -0.2) is 15.0 Å². The Hall–Kier alpha value is -8.53. The first-order chi connectivity index (χ1) is 39.0. The summed E-state index contributed by atoms with van der Waals surface area (Å²) in [6.07, 6.45) is 3.83. The van der Waals surface area contributed by atoms with E-state index in [0.29, 0.717) is 0 Å². The quantitative estimate of drug-likeness (QED) is 0.152. The van der Waals surface area contributed by atoms with Crippen LogP contribution < -0.4 is 0 Å². The van der Waals surface area contributed by atoms with Gasteiger partial charge in [0, 0.05) is 50.8 Å². The van der Waals surface area contributed by atoms with Gasteiger partial charge in [-0.15, -0.1) is 0 Å². The van der Waals surface area contributed by atoms with Gasteiger partial charge in [-0.2, -0.15) is 0 Å². The van der Waals surface area contributed by atoms with Crippen LogP contribution >= 0.6 is 0 Å². The highest BCUT2D eigenvalue weighted by molar-refractivity contribution is 5.89. The average molecular weight is 1070 g/mol. The van der Waals surface area contributed by atoms with E-state index in [4.69, 9.17) is 0 Å². The molecule has 0 fully saturated rings. The molecule has 2 aliphatic carbocycles. The maximum Gasteiger partial charge on any atom is 0.0705 e. The zero-order valence-electron chi connectivity index (χ0n) is 51.4. The second-order valence-electron chi connectivity index (χ2n) is 24.2. The van der Waals surface area contributed by atoms with E-state index in [9.17, 15) is 0 Å². The largest absolute Gasteiger partial charge is 0.261 e. The van der Waals surface area contributed by atoms with E-state index in [1.807, 2.05) is 32.3 Å². The molecule has 12 aromatic rings. The van der Waals surface area contributed by atoms with Crippen LogP contribution in [0.4, 0.5) is 0 Å². The summed E-state index contributed by atoms with van der Waals surface area (Å²) in [7, 11) is 0. The molecule has 0 aliphatic heterocycles. The molecule has 3 heterocycles. The molecular weight excluding hydrogens is 991 g/mol. The molecule has 14 rings (SSSR count). The van der Waals surface area contributed by atoms with Crippen LogP contribution in [0.3, 0.4) is 0 Å². The number of pyridine rings is 3. The number of hydrogen-bond donors (Lipinski definition) is 0. The van der Waals surface area contributed by atoms with Crippen LogP contribution in [0.5, 0.6) is 0 Å². The Labute approximate surface area is 489 Å². The number of nitrogens with zero attached hydrogens (tertiary/aromatic N) is 3. The number of aromatic nitrogens is 3. The van der Waals surface area contributed by atoms with Gasteiger partial charge in [0.1, 0.15) is 0 Å². The Balaban J connectivity index is 0.000000119. The number of hydrogen-bond acceptors (Lipinski definition) is 3. The first-order valence-corrected chi connectivity index (χ1v) is 29.0. The summed E-state index contributed by atoms with van der Waals surface area (Å²) in [6, 6.07) is 67.7. The maximum absolute atomic E-state index is 4.42. The van der Waals surface area contributed by atoms with E-state index in [0.717, 1.165) is 22.4 Å². The molecule has 0 radical (unpaired) electrons. The van der Waals surface area contributed by atoms with Crippen LogP contribution in [0.15, 0.2) is 200 Å². The predicted molar refractivity (Wildman–Crippen MR) is 354 cm³/mol.